The highest BCUT2D eigenvalue weighted by molar-refractivity contribution is 7.48. The fourth-order valence-electron chi connectivity index (χ4n) is 4.54. The first-order chi connectivity index (χ1) is 18.1. The van der Waals surface area contributed by atoms with E-state index in [4.69, 9.17) is 9.05 Å². The van der Waals surface area contributed by atoms with Crippen molar-refractivity contribution in [3.05, 3.63) is 139 Å². The van der Waals surface area contributed by atoms with Crippen molar-refractivity contribution in [2.75, 3.05) is 0 Å². The van der Waals surface area contributed by atoms with Crippen molar-refractivity contribution in [1.29, 1.82) is 0 Å². The predicted octanol–water partition coefficient (Wildman–Crippen LogP) is 0.847. The normalized spacial score (nSPS) is 15.1. The lowest BCUT2D eigenvalue weighted by atomic mass is 10.1. The van der Waals surface area contributed by atoms with Gasteiger partial charge in [0.15, 0.2) is 0 Å². The Morgan fingerprint density at radius 1 is 0.459 bits per heavy atom. The molecule has 0 spiro atoms. The maximum atomic E-state index is 13.6. The maximum Gasteiger partial charge on any atom is 0.584 e. The molecule has 2 aliphatic rings. The second-order valence-corrected chi connectivity index (χ2v) is 10.1. The van der Waals surface area contributed by atoms with E-state index in [0.29, 0.717) is 10.4 Å². The summed E-state index contributed by atoms with van der Waals surface area (Å²) < 4.78 is 25.2. The smallest absolute Gasteiger partial charge is 0.395 e. The average Bonchev–Trinajstić information content (AvgIpc) is 2.89. The summed E-state index contributed by atoms with van der Waals surface area (Å²) in [6, 6.07) is 30.8. The Kier molecular flexibility index (Phi) is 5.97. The van der Waals surface area contributed by atoms with Gasteiger partial charge in [-0.25, -0.2) is 4.57 Å². The number of phosphoric ester groups is 1. The monoisotopic (exact) mass is 502 g/mol. The van der Waals surface area contributed by atoms with Crippen molar-refractivity contribution in [2.24, 2.45) is 0 Å². The van der Waals surface area contributed by atoms with Crippen molar-refractivity contribution < 1.29 is 18.5 Å². The molecule has 4 aromatic carbocycles. The zero-order valence-corrected chi connectivity index (χ0v) is 20.7. The molecule has 0 aliphatic heterocycles. The molecule has 0 amide bonds. The lowest BCUT2D eigenvalue weighted by Gasteiger charge is -2.16. The highest BCUT2D eigenvalue weighted by Crippen LogP contribution is 2.48. The average molecular weight is 503 g/mol. The van der Waals surface area contributed by atoms with Crippen molar-refractivity contribution in [3.8, 4) is 0 Å². The number of hydrogen-bond donors (Lipinski definition) is 1. The van der Waals surface area contributed by atoms with Crippen LogP contribution >= 0.6 is 7.82 Å². The minimum atomic E-state index is -4.62. The Labute approximate surface area is 213 Å². The minimum Gasteiger partial charge on any atom is -0.395 e. The first kappa shape index (κ1) is 23.1. The quantitative estimate of drug-likeness (QED) is 0.421. The van der Waals surface area contributed by atoms with Gasteiger partial charge >= 0.3 is 7.82 Å². The van der Waals surface area contributed by atoms with Gasteiger partial charge in [-0.3, -0.25) is 4.89 Å². The van der Waals surface area contributed by atoms with E-state index in [0.717, 1.165) is 31.3 Å². The van der Waals surface area contributed by atoms with E-state index in [9.17, 15) is 9.46 Å². The lowest BCUT2D eigenvalue weighted by Crippen LogP contribution is -2.32. The molecule has 0 fully saturated rings. The third-order valence-electron chi connectivity index (χ3n) is 6.33. The Morgan fingerprint density at radius 2 is 0.784 bits per heavy atom. The van der Waals surface area contributed by atoms with Crippen LogP contribution in [0, 0.1) is 0 Å². The SMILES string of the molecule is O=P(O)(OC1=c2ccccc2=CC=c2ccccc2=C1)OC1=c2ccccc2=CC=c2ccccc2=C1. The van der Waals surface area contributed by atoms with Gasteiger partial charge < -0.3 is 9.05 Å². The number of fused-ring (bicyclic) bond motifs is 4. The van der Waals surface area contributed by atoms with Gasteiger partial charge in [0.25, 0.3) is 0 Å². The van der Waals surface area contributed by atoms with Gasteiger partial charge in [0, 0.05) is 10.4 Å². The highest BCUT2D eigenvalue weighted by Gasteiger charge is 2.27. The molecule has 4 nitrogen and oxygen atoms in total. The molecule has 37 heavy (non-hydrogen) atoms. The van der Waals surface area contributed by atoms with Crippen LogP contribution in [0.5, 0.6) is 0 Å². The third-order valence-corrected chi connectivity index (χ3v) is 7.18. The molecule has 0 saturated heterocycles. The third kappa shape index (κ3) is 4.85. The molecule has 0 unspecified atom stereocenters. The van der Waals surface area contributed by atoms with Crippen LogP contribution in [0.3, 0.4) is 0 Å². The van der Waals surface area contributed by atoms with E-state index < -0.39 is 7.82 Å². The second kappa shape index (κ2) is 9.59. The number of phosphoric acid groups is 1. The van der Waals surface area contributed by atoms with Crippen LogP contribution in [-0.2, 0) is 13.6 Å². The van der Waals surface area contributed by atoms with Crippen LogP contribution in [0.1, 0.15) is 0 Å². The molecule has 0 aromatic heterocycles. The molecular formula is C32H23O4P. The van der Waals surface area contributed by atoms with E-state index in [1.807, 2.05) is 121 Å². The topological polar surface area (TPSA) is 55.8 Å². The van der Waals surface area contributed by atoms with Gasteiger partial charge in [0.1, 0.15) is 11.5 Å². The fourth-order valence-corrected chi connectivity index (χ4v) is 5.37. The lowest BCUT2D eigenvalue weighted by molar-refractivity contribution is 0.266. The van der Waals surface area contributed by atoms with E-state index in [1.165, 1.54) is 0 Å². The fraction of sp³-hybridized carbons (Fsp3) is 0. The molecule has 4 aromatic rings. The molecule has 0 saturated carbocycles. The van der Waals surface area contributed by atoms with Crippen molar-refractivity contribution in [1.82, 2.24) is 0 Å². The zero-order chi connectivity index (χ0) is 25.2. The van der Waals surface area contributed by atoms with Gasteiger partial charge in [-0.15, -0.1) is 0 Å². The first-order valence-electron chi connectivity index (χ1n) is 11.9. The molecule has 1 N–H and O–H groups in total. The van der Waals surface area contributed by atoms with Crippen LogP contribution in [0.4, 0.5) is 0 Å². The Morgan fingerprint density at radius 3 is 1.22 bits per heavy atom. The molecule has 5 heteroatoms. The molecule has 0 atom stereocenters. The van der Waals surface area contributed by atoms with E-state index >= 15 is 0 Å². The first-order valence-corrected chi connectivity index (χ1v) is 13.4. The molecule has 2 aliphatic carbocycles. The van der Waals surface area contributed by atoms with Gasteiger partial charge in [-0.05, 0) is 43.5 Å². The van der Waals surface area contributed by atoms with Crippen molar-refractivity contribution >= 4 is 55.8 Å². The standard InChI is InChI=1S/C32H23O4P/c33-37(34,35-31-21-27-13-3-1-9-23(27)17-19-25-11-5-7-15-29(25)31)36-32-22-28-14-4-2-10-24(28)18-20-26-12-6-8-16-30(26)32/h1-22H,(H,33,34). The van der Waals surface area contributed by atoms with Crippen molar-refractivity contribution in [2.45, 2.75) is 0 Å². The predicted molar refractivity (Wildman–Crippen MR) is 148 cm³/mol. The summed E-state index contributed by atoms with van der Waals surface area (Å²) in [6.07, 6.45) is 11.6. The number of hydrogen-bond acceptors (Lipinski definition) is 3. The molecular weight excluding hydrogens is 479 g/mol. The van der Waals surface area contributed by atoms with Gasteiger partial charge in [0.05, 0.1) is 0 Å². The van der Waals surface area contributed by atoms with Gasteiger partial charge in [0.2, 0.25) is 0 Å². The van der Waals surface area contributed by atoms with Crippen molar-refractivity contribution in [3.63, 3.8) is 0 Å². The molecule has 6 rings (SSSR count). The summed E-state index contributed by atoms with van der Waals surface area (Å²) in [5.74, 6) is 0.525. The number of benzene rings is 4. The summed E-state index contributed by atoms with van der Waals surface area (Å²) in [5, 5.41) is 6.85. The molecule has 0 heterocycles. The zero-order valence-electron chi connectivity index (χ0n) is 19.8. The Hall–Kier alpha value is -4.37. The van der Waals surface area contributed by atoms with Crippen LogP contribution in [0.25, 0.3) is 48.0 Å². The molecule has 0 radical (unpaired) electrons. The summed E-state index contributed by atoms with van der Waals surface area (Å²) in [6.45, 7) is 0. The van der Waals surface area contributed by atoms with Crippen LogP contribution in [-0.4, -0.2) is 4.89 Å². The van der Waals surface area contributed by atoms with E-state index in [1.54, 1.807) is 12.2 Å². The Bertz CT molecular complexity index is 1940. The summed E-state index contributed by atoms with van der Waals surface area (Å²) in [5.41, 5.74) is 0. The summed E-state index contributed by atoms with van der Waals surface area (Å²) in [4.78, 5) is 11.1. The van der Waals surface area contributed by atoms with Crippen LogP contribution < -0.4 is 41.7 Å². The van der Waals surface area contributed by atoms with Crippen LogP contribution in [0.2, 0.25) is 0 Å². The van der Waals surface area contributed by atoms with E-state index in [2.05, 4.69) is 0 Å². The summed E-state index contributed by atoms with van der Waals surface area (Å²) >= 11 is 0. The molecule has 0 bridgehead atoms. The summed E-state index contributed by atoms with van der Waals surface area (Å²) in [7, 11) is -4.62. The van der Waals surface area contributed by atoms with E-state index in [-0.39, 0.29) is 11.5 Å². The van der Waals surface area contributed by atoms with Gasteiger partial charge in [-0.2, -0.15) is 0 Å². The van der Waals surface area contributed by atoms with Gasteiger partial charge in [-0.1, -0.05) is 121 Å². The largest absolute Gasteiger partial charge is 0.584 e. The van der Waals surface area contributed by atoms with Crippen LogP contribution in [0.15, 0.2) is 97.1 Å². The number of rotatable bonds is 4. The Balaban J connectivity index is 1.52. The maximum absolute atomic E-state index is 13.6. The highest BCUT2D eigenvalue weighted by atomic mass is 31.2. The second-order valence-electron chi connectivity index (χ2n) is 8.77. The minimum absolute atomic E-state index is 0.262. The molecule has 180 valence electrons.